The van der Waals surface area contributed by atoms with Crippen LogP contribution in [0.25, 0.3) is 0 Å². The molecule has 6 atom stereocenters. The van der Waals surface area contributed by atoms with Crippen LogP contribution in [0.1, 0.15) is 144 Å². The van der Waals surface area contributed by atoms with E-state index in [0.29, 0.717) is 22.3 Å². The fourth-order valence-electron chi connectivity index (χ4n) is 8.44. The van der Waals surface area contributed by atoms with Gasteiger partial charge in [-0.1, -0.05) is 204 Å². The molecule has 668 valence electrons. The number of alkyl carbamates (subject to hydrolysis) is 4. The highest BCUT2D eigenvalue weighted by atomic mass is 19.4. The second-order valence-corrected chi connectivity index (χ2v) is 29.8. The summed E-state index contributed by atoms with van der Waals surface area (Å²) in [4.78, 5) is 111. The highest BCUT2D eigenvalue weighted by molar-refractivity contribution is 5.82. The van der Waals surface area contributed by atoms with Crippen LogP contribution in [0, 0.1) is 32.5 Å². The Hall–Kier alpha value is -10.6. The number of amides is 4. The topological polar surface area (TPSA) is 429 Å². The van der Waals surface area contributed by atoms with E-state index in [1.165, 1.54) is 0 Å². The van der Waals surface area contributed by atoms with Crippen molar-refractivity contribution in [3.63, 3.8) is 0 Å². The average Bonchev–Trinajstić information content (AvgIpc) is 0.840. The third-order valence-corrected chi connectivity index (χ3v) is 16.8. The van der Waals surface area contributed by atoms with E-state index in [4.69, 9.17) is 61.1 Å². The van der Waals surface area contributed by atoms with Gasteiger partial charge in [-0.15, -0.1) is 0 Å². The number of nitrogens with one attached hydrogen (secondary N) is 4. The number of alkyl halides is 18. The Bertz CT molecular complexity index is 3350. The zero-order valence-corrected chi connectivity index (χ0v) is 65.4. The number of benzene rings is 4. The van der Waals surface area contributed by atoms with Gasteiger partial charge in [-0.25, -0.2) is 38.4 Å². The predicted octanol–water partition coefficient (Wildman–Crippen LogP) is 16.1. The molecule has 0 aliphatic rings. The number of halogens is 18. The number of carbonyl (C=O) groups excluding carboxylic acids is 4. The van der Waals surface area contributed by atoms with Crippen molar-refractivity contribution in [2.45, 2.75) is 221 Å². The number of hydrogen-bond acceptors (Lipinski definition) is 16. The van der Waals surface area contributed by atoms with E-state index in [-0.39, 0.29) is 26.4 Å². The van der Waals surface area contributed by atoms with Gasteiger partial charge in [-0.05, 0) is 60.8 Å². The van der Waals surface area contributed by atoms with Gasteiger partial charge < -0.3 is 82.3 Å². The SMILES string of the molecule is CC(C)(C[C@@H](N)C(=O)O)C(F)(F)F.CC(C)(C[C@@H](NC(=O)OCc1ccccc1)C(=O)O)C(F)(F)F.CC(C)(C[C@@H](NC(=O)OCc1ccccc1)C(=O)O)C(F)(F)F.CC(C)(C[C@H](N)C(=O)O)C(F)(F)F.CC(C)(C[C@H](NC(=O)OCc1ccccc1)C(=O)O)C(F)(F)F.CC(C)(C[C@H](NC(=O)OCc1ccccc1)C(=O)O)C(F)(F)F. The fourth-order valence-corrected chi connectivity index (χ4v) is 8.44. The van der Waals surface area contributed by atoms with Crippen molar-refractivity contribution in [1.29, 1.82) is 0 Å². The van der Waals surface area contributed by atoms with Crippen LogP contribution in [0.5, 0.6) is 0 Å². The first kappa shape index (κ1) is 109. The first-order chi connectivity index (χ1) is 53.3. The molecule has 4 aromatic carbocycles. The molecule has 0 bridgehead atoms. The zero-order chi connectivity index (χ0) is 92.4. The Morgan fingerprint density at radius 2 is 0.398 bits per heavy atom. The number of aliphatic carboxylic acids is 6. The molecule has 0 aliphatic heterocycles. The number of hydrogen-bond donors (Lipinski definition) is 12. The monoisotopic (exact) mass is 1730 g/mol. The Kier molecular flexibility index (Phi) is 43.2. The van der Waals surface area contributed by atoms with E-state index in [2.05, 4.69) is 0 Å². The summed E-state index contributed by atoms with van der Waals surface area (Å²) in [6, 6.07) is 24.6. The van der Waals surface area contributed by atoms with Crippen molar-refractivity contribution in [2.24, 2.45) is 44.0 Å². The molecule has 26 nitrogen and oxygen atoms in total. The van der Waals surface area contributed by atoms with Crippen molar-refractivity contribution >= 4 is 60.2 Å². The zero-order valence-electron chi connectivity index (χ0n) is 65.4. The van der Waals surface area contributed by atoms with Crippen LogP contribution in [0.4, 0.5) is 98.2 Å². The maximum absolute atomic E-state index is 12.8. The smallest absolute Gasteiger partial charge is 0.408 e. The second kappa shape index (κ2) is 46.6. The van der Waals surface area contributed by atoms with Gasteiger partial charge >= 0.3 is 97.2 Å². The van der Waals surface area contributed by atoms with Crippen LogP contribution < -0.4 is 32.7 Å². The summed E-state index contributed by atoms with van der Waals surface area (Å²) in [7, 11) is 0. The number of carboxylic acid groups (broad SMARTS) is 6. The molecule has 4 rings (SSSR count). The van der Waals surface area contributed by atoms with Crippen molar-refractivity contribution in [2.75, 3.05) is 0 Å². The van der Waals surface area contributed by atoms with Gasteiger partial charge in [0, 0.05) is 0 Å². The molecule has 0 unspecified atom stereocenters. The largest absolute Gasteiger partial charge is 0.480 e. The number of carboxylic acids is 6. The molecule has 14 N–H and O–H groups in total. The highest BCUT2D eigenvalue weighted by Gasteiger charge is 2.54. The molecule has 0 aliphatic carbocycles. The standard InChI is InChI=1S/4C15H18F3NO4.2C7H12F3NO2/c4*1-14(2,15(16,17)18)8-11(12(20)21)19-13(22)23-9-10-6-4-3-5-7-10;2*1-6(2,7(8,9)10)3-4(11)5(12)13/h4*3-7,11H,8-9H2,1-2H3,(H,19,22)(H,20,21);2*4H,3,11H2,1-2H3,(H,12,13)/t4*11-;2*4-/m110010/s1. The highest BCUT2D eigenvalue weighted by Crippen LogP contribution is 2.46. The maximum Gasteiger partial charge on any atom is 0.408 e. The summed E-state index contributed by atoms with van der Waals surface area (Å²) in [5.74, 6) is -9.06. The van der Waals surface area contributed by atoms with E-state index in [0.717, 1.165) is 83.1 Å². The molecule has 0 aromatic heterocycles. The van der Waals surface area contributed by atoms with Gasteiger partial charge in [-0.3, -0.25) is 9.59 Å². The summed E-state index contributed by atoms with van der Waals surface area (Å²) in [5.41, 5.74) is -0.489. The molecule has 0 fully saturated rings. The van der Waals surface area contributed by atoms with Crippen molar-refractivity contribution in [3.8, 4) is 0 Å². The molecule has 0 heterocycles. The lowest BCUT2D eigenvalue weighted by Gasteiger charge is -2.30. The quantitative estimate of drug-likeness (QED) is 0.0170. The molecule has 4 aromatic rings. The van der Waals surface area contributed by atoms with Crippen LogP contribution in [0.15, 0.2) is 121 Å². The third-order valence-electron chi connectivity index (χ3n) is 16.8. The molecule has 118 heavy (non-hydrogen) atoms. The first-order valence-electron chi connectivity index (χ1n) is 34.4. The Balaban J connectivity index is 0. The lowest BCUT2D eigenvalue weighted by Crippen LogP contribution is -2.47. The van der Waals surface area contributed by atoms with Crippen molar-refractivity contribution in [1.82, 2.24) is 21.3 Å². The minimum atomic E-state index is -4.59. The van der Waals surface area contributed by atoms with Gasteiger partial charge in [0.15, 0.2) is 0 Å². The molecular weight excluding hydrogens is 1630 g/mol. The van der Waals surface area contributed by atoms with Crippen LogP contribution >= 0.6 is 0 Å². The van der Waals surface area contributed by atoms with Crippen LogP contribution in [0.3, 0.4) is 0 Å². The van der Waals surface area contributed by atoms with Gasteiger partial charge in [0.2, 0.25) is 0 Å². The number of rotatable bonds is 30. The van der Waals surface area contributed by atoms with E-state index in [9.17, 15) is 127 Å². The second-order valence-electron chi connectivity index (χ2n) is 29.8. The Morgan fingerprint density at radius 1 is 0.263 bits per heavy atom. The third kappa shape index (κ3) is 42.0. The maximum atomic E-state index is 12.8. The molecule has 0 radical (unpaired) electrons. The minimum absolute atomic E-state index is 0.109. The molecule has 0 spiro atoms. The van der Waals surface area contributed by atoms with E-state index < -0.39 is 205 Å². The van der Waals surface area contributed by atoms with Crippen LogP contribution in [-0.2, 0) is 74.1 Å². The summed E-state index contributed by atoms with van der Waals surface area (Å²) >= 11 is 0. The van der Waals surface area contributed by atoms with Gasteiger partial charge in [-0.2, -0.15) is 79.0 Å². The lowest BCUT2D eigenvalue weighted by molar-refractivity contribution is -0.216. The molecular formula is C74H96F18N6O20. The average molecular weight is 1730 g/mol. The van der Waals surface area contributed by atoms with Gasteiger partial charge in [0.05, 0.1) is 32.5 Å². The fraction of sp³-hybridized carbons (Fsp3) is 0.541. The minimum Gasteiger partial charge on any atom is -0.480 e. The summed E-state index contributed by atoms with van der Waals surface area (Å²) < 4.78 is 246. The van der Waals surface area contributed by atoms with E-state index in [1.54, 1.807) is 121 Å². The van der Waals surface area contributed by atoms with Crippen LogP contribution in [-0.4, -0.2) is 164 Å². The first-order valence-corrected chi connectivity index (χ1v) is 34.4. The van der Waals surface area contributed by atoms with Gasteiger partial charge in [0.1, 0.15) is 62.7 Å². The molecule has 0 saturated heterocycles. The molecule has 4 amide bonds. The summed E-state index contributed by atoms with van der Waals surface area (Å²) in [5, 5.41) is 60.4. The Labute approximate surface area is 665 Å². The van der Waals surface area contributed by atoms with Crippen molar-refractivity contribution < 1.29 is 177 Å². The van der Waals surface area contributed by atoms with Crippen LogP contribution in [0.2, 0.25) is 0 Å². The molecule has 44 heteroatoms. The van der Waals surface area contributed by atoms with Gasteiger partial charge in [0.25, 0.3) is 0 Å². The summed E-state index contributed by atoms with van der Waals surface area (Å²) in [6.07, 6.45) is -36.0. The predicted molar refractivity (Wildman–Crippen MR) is 383 cm³/mol. The normalized spacial score (nSPS) is 13.8. The van der Waals surface area contributed by atoms with Crippen molar-refractivity contribution in [3.05, 3.63) is 144 Å². The lowest BCUT2D eigenvalue weighted by atomic mass is 9.85. The Morgan fingerprint density at radius 3 is 0.517 bits per heavy atom. The summed E-state index contributed by atoms with van der Waals surface area (Å²) in [6.45, 7) is 10.3. The number of carbonyl (C=O) groups is 10. The van der Waals surface area contributed by atoms with E-state index >= 15 is 0 Å². The molecule has 0 saturated carbocycles. The van der Waals surface area contributed by atoms with E-state index in [1.807, 2.05) is 21.3 Å². The number of ether oxygens (including phenoxy) is 4. The number of nitrogens with two attached hydrogens (primary N) is 2.